The van der Waals surface area contributed by atoms with E-state index in [0.29, 0.717) is 5.92 Å². The Bertz CT molecular complexity index is 301. The Morgan fingerprint density at radius 2 is 1.83 bits per heavy atom. The first-order valence-corrected chi connectivity index (χ1v) is 9.12. The summed E-state index contributed by atoms with van der Waals surface area (Å²) in [5.41, 5.74) is 0. The Hall–Kier alpha value is -0.120. The third-order valence-electron chi connectivity index (χ3n) is 3.72. The van der Waals surface area contributed by atoms with Crippen LogP contribution in [0.15, 0.2) is 4.99 Å². The predicted molar refractivity (Wildman–Crippen MR) is 109 cm³/mol. The van der Waals surface area contributed by atoms with E-state index in [0.717, 1.165) is 90.9 Å². The van der Waals surface area contributed by atoms with Gasteiger partial charge in [-0.1, -0.05) is 0 Å². The fourth-order valence-corrected chi connectivity index (χ4v) is 2.39. The lowest BCUT2D eigenvalue weighted by Crippen LogP contribution is -2.38. The standard InChI is InChI=1S/C17H35N3O3.HI/c1-3-18-17(19-9-5-11-21-4-2)20-10-6-12-23-15-16-7-13-22-14-8-16;/h16H,3-15H2,1-2H3,(H2,18,19,20);1H. The van der Waals surface area contributed by atoms with Crippen LogP contribution in [-0.4, -0.2) is 65.2 Å². The van der Waals surface area contributed by atoms with Crippen molar-refractivity contribution in [2.45, 2.75) is 39.5 Å². The van der Waals surface area contributed by atoms with Crippen molar-refractivity contribution < 1.29 is 14.2 Å². The summed E-state index contributed by atoms with van der Waals surface area (Å²) in [7, 11) is 0. The molecule has 1 aliphatic rings. The van der Waals surface area contributed by atoms with E-state index in [1.807, 2.05) is 6.92 Å². The van der Waals surface area contributed by atoms with Crippen molar-refractivity contribution >= 4 is 29.9 Å². The van der Waals surface area contributed by atoms with Crippen LogP contribution in [0.4, 0.5) is 0 Å². The Morgan fingerprint density at radius 3 is 2.54 bits per heavy atom. The lowest BCUT2D eigenvalue weighted by Gasteiger charge is -2.21. The molecule has 0 unspecified atom stereocenters. The molecule has 1 fully saturated rings. The van der Waals surface area contributed by atoms with Crippen molar-refractivity contribution in [2.24, 2.45) is 10.9 Å². The molecule has 24 heavy (non-hydrogen) atoms. The lowest BCUT2D eigenvalue weighted by molar-refractivity contribution is 0.0205. The molecule has 0 aromatic heterocycles. The maximum Gasteiger partial charge on any atom is 0.191 e. The van der Waals surface area contributed by atoms with E-state index < -0.39 is 0 Å². The van der Waals surface area contributed by atoms with Crippen molar-refractivity contribution in [1.82, 2.24) is 10.6 Å². The van der Waals surface area contributed by atoms with Gasteiger partial charge in [-0.2, -0.15) is 0 Å². The molecule has 6 nitrogen and oxygen atoms in total. The molecule has 7 heteroatoms. The summed E-state index contributed by atoms with van der Waals surface area (Å²) in [6, 6.07) is 0. The summed E-state index contributed by atoms with van der Waals surface area (Å²) in [4.78, 5) is 4.57. The monoisotopic (exact) mass is 457 g/mol. The maximum atomic E-state index is 5.76. The molecule has 1 aliphatic heterocycles. The second-order valence-electron chi connectivity index (χ2n) is 5.72. The second kappa shape index (κ2) is 17.7. The van der Waals surface area contributed by atoms with Crippen LogP contribution in [0.5, 0.6) is 0 Å². The molecule has 0 saturated carbocycles. The van der Waals surface area contributed by atoms with Crippen molar-refractivity contribution in [3.8, 4) is 0 Å². The fourth-order valence-electron chi connectivity index (χ4n) is 2.39. The van der Waals surface area contributed by atoms with E-state index in [-0.39, 0.29) is 24.0 Å². The molecule has 144 valence electrons. The SMILES string of the molecule is CCNC(=NCCCOCC1CCOCC1)NCCCOCC.I. The van der Waals surface area contributed by atoms with Crippen LogP contribution in [0.1, 0.15) is 39.5 Å². The van der Waals surface area contributed by atoms with E-state index >= 15 is 0 Å². The zero-order chi connectivity index (χ0) is 16.6. The van der Waals surface area contributed by atoms with Crippen LogP contribution in [0.3, 0.4) is 0 Å². The summed E-state index contributed by atoms with van der Waals surface area (Å²) in [6.45, 7) is 11.6. The third-order valence-corrected chi connectivity index (χ3v) is 3.72. The van der Waals surface area contributed by atoms with E-state index in [9.17, 15) is 0 Å². The van der Waals surface area contributed by atoms with Gasteiger partial charge in [-0.05, 0) is 45.4 Å². The molecule has 0 amide bonds. The topological polar surface area (TPSA) is 64.1 Å². The summed E-state index contributed by atoms with van der Waals surface area (Å²) >= 11 is 0. The fraction of sp³-hybridized carbons (Fsp3) is 0.941. The molecule has 0 aromatic rings. The Kier molecular flexibility index (Phi) is 17.6. The number of rotatable bonds is 12. The zero-order valence-electron chi connectivity index (χ0n) is 15.3. The summed E-state index contributed by atoms with van der Waals surface area (Å²) in [6.07, 6.45) is 4.22. The largest absolute Gasteiger partial charge is 0.382 e. The molecule has 0 aromatic carbocycles. The summed E-state index contributed by atoms with van der Waals surface area (Å²) in [5, 5.41) is 6.59. The number of guanidine groups is 1. The van der Waals surface area contributed by atoms with Crippen LogP contribution in [0.25, 0.3) is 0 Å². The number of hydrogen-bond acceptors (Lipinski definition) is 4. The second-order valence-corrected chi connectivity index (χ2v) is 5.72. The molecule has 0 spiro atoms. The van der Waals surface area contributed by atoms with Crippen LogP contribution >= 0.6 is 24.0 Å². The van der Waals surface area contributed by atoms with E-state index in [1.165, 1.54) is 0 Å². The van der Waals surface area contributed by atoms with Crippen LogP contribution in [-0.2, 0) is 14.2 Å². The Labute approximate surface area is 164 Å². The molecule has 0 bridgehead atoms. The zero-order valence-corrected chi connectivity index (χ0v) is 17.7. The molecule has 1 heterocycles. The summed E-state index contributed by atoms with van der Waals surface area (Å²) in [5.74, 6) is 1.56. The molecule has 0 aliphatic carbocycles. The highest BCUT2D eigenvalue weighted by Gasteiger charge is 2.13. The van der Waals surface area contributed by atoms with Gasteiger partial charge >= 0.3 is 0 Å². The van der Waals surface area contributed by atoms with E-state index in [2.05, 4.69) is 22.5 Å². The van der Waals surface area contributed by atoms with E-state index in [4.69, 9.17) is 14.2 Å². The van der Waals surface area contributed by atoms with Crippen molar-refractivity contribution in [1.29, 1.82) is 0 Å². The first-order valence-electron chi connectivity index (χ1n) is 9.12. The van der Waals surface area contributed by atoms with Crippen LogP contribution in [0.2, 0.25) is 0 Å². The minimum atomic E-state index is 0. The van der Waals surface area contributed by atoms with Gasteiger partial charge in [0.25, 0.3) is 0 Å². The average molecular weight is 457 g/mol. The van der Waals surface area contributed by atoms with Gasteiger partial charge in [0.15, 0.2) is 5.96 Å². The van der Waals surface area contributed by atoms with Crippen molar-refractivity contribution in [2.75, 3.05) is 59.3 Å². The highest BCUT2D eigenvalue weighted by atomic mass is 127. The van der Waals surface area contributed by atoms with Gasteiger partial charge in [0.05, 0.1) is 0 Å². The van der Waals surface area contributed by atoms with Gasteiger partial charge in [-0.3, -0.25) is 4.99 Å². The first kappa shape index (κ1) is 23.9. The number of ether oxygens (including phenoxy) is 3. The van der Waals surface area contributed by atoms with Gasteiger partial charge in [-0.15, -0.1) is 24.0 Å². The normalized spacial score (nSPS) is 15.8. The molecule has 2 N–H and O–H groups in total. The van der Waals surface area contributed by atoms with Gasteiger partial charge in [-0.25, -0.2) is 0 Å². The van der Waals surface area contributed by atoms with Gasteiger partial charge < -0.3 is 24.8 Å². The van der Waals surface area contributed by atoms with Crippen LogP contribution in [0, 0.1) is 5.92 Å². The smallest absolute Gasteiger partial charge is 0.191 e. The third kappa shape index (κ3) is 13.2. The van der Waals surface area contributed by atoms with E-state index in [1.54, 1.807) is 0 Å². The number of nitrogens with one attached hydrogen (secondary N) is 2. The summed E-state index contributed by atoms with van der Waals surface area (Å²) < 4.78 is 16.4. The lowest BCUT2D eigenvalue weighted by atomic mass is 10.0. The minimum Gasteiger partial charge on any atom is -0.382 e. The molecular formula is C17H36IN3O3. The average Bonchev–Trinajstić information content (AvgIpc) is 2.58. The Balaban J connectivity index is 0.00000529. The van der Waals surface area contributed by atoms with Crippen molar-refractivity contribution in [3.63, 3.8) is 0 Å². The number of halogens is 1. The highest BCUT2D eigenvalue weighted by molar-refractivity contribution is 14.0. The van der Waals surface area contributed by atoms with Gasteiger partial charge in [0.1, 0.15) is 0 Å². The molecule has 1 rings (SSSR count). The quantitative estimate of drug-likeness (QED) is 0.204. The predicted octanol–water partition coefficient (Wildman–Crippen LogP) is 2.42. The van der Waals surface area contributed by atoms with Gasteiger partial charge in [0.2, 0.25) is 0 Å². The Morgan fingerprint density at radius 1 is 1.08 bits per heavy atom. The number of aliphatic imine (C=N–C) groups is 1. The maximum absolute atomic E-state index is 5.76. The minimum absolute atomic E-state index is 0. The van der Waals surface area contributed by atoms with Gasteiger partial charge in [0, 0.05) is 59.3 Å². The number of nitrogens with zero attached hydrogens (tertiary/aromatic N) is 1. The first-order chi connectivity index (χ1) is 11.4. The van der Waals surface area contributed by atoms with Crippen LogP contribution < -0.4 is 10.6 Å². The number of hydrogen-bond donors (Lipinski definition) is 2. The molecule has 1 saturated heterocycles. The molecular weight excluding hydrogens is 421 g/mol. The highest BCUT2D eigenvalue weighted by Crippen LogP contribution is 2.14. The molecule has 0 atom stereocenters. The van der Waals surface area contributed by atoms with Crippen molar-refractivity contribution in [3.05, 3.63) is 0 Å². The molecule has 0 radical (unpaired) electrons.